The minimum absolute atomic E-state index is 0.237. The molecule has 0 aliphatic heterocycles. The Balaban J connectivity index is 2.37. The van der Waals surface area contributed by atoms with Gasteiger partial charge in [0.15, 0.2) is 5.78 Å². The molecular formula is C16H11Br2NO2. The van der Waals surface area contributed by atoms with Crippen LogP contribution in [0.1, 0.15) is 21.8 Å². The number of halogens is 2. The predicted octanol–water partition coefficient (Wildman–Crippen LogP) is 4.71. The molecule has 3 nitrogen and oxygen atoms in total. The lowest BCUT2D eigenvalue weighted by molar-refractivity contribution is 0.0979. The van der Waals surface area contributed by atoms with Crippen LogP contribution in [0.5, 0.6) is 5.75 Å². The van der Waals surface area contributed by atoms with E-state index in [0.717, 1.165) is 4.47 Å². The van der Waals surface area contributed by atoms with E-state index >= 15 is 0 Å². The Labute approximate surface area is 139 Å². The smallest absolute Gasteiger partial charge is 0.184 e. The van der Waals surface area contributed by atoms with E-state index in [0.29, 0.717) is 21.3 Å². The second kappa shape index (κ2) is 6.88. The van der Waals surface area contributed by atoms with Gasteiger partial charge in [0, 0.05) is 10.0 Å². The Bertz CT molecular complexity index is 722. The summed E-state index contributed by atoms with van der Waals surface area (Å²) >= 11 is 6.70. The standard InChI is InChI=1S/C16H11Br2NO2/c1-21-15-6-5-11(8-14(15)18)16(20)13(9-19)10-3-2-4-12(17)7-10/h2-8,13H,1H3. The van der Waals surface area contributed by atoms with Gasteiger partial charge in [-0.1, -0.05) is 28.1 Å². The lowest BCUT2D eigenvalue weighted by Gasteiger charge is -2.10. The number of nitrogens with zero attached hydrogens (tertiary/aromatic N) is 1. The van der Waals surface area contributed by atoms with Crippen LogP contribution in [0.2, 0.25) is 0 Å². The molecule has 0 fully saturated rings. The number of ketones is 1. The van der Waals surface area contributed by atoms with Crippen LogP contribution in [0.3, 0.4) is 0 Å². The molecule has 0 amide bonds. The number of nitriles is 1. The molecule has 2 aromatic carbocycles. The lowest BCUT2D eigenvalue weighted by atomic mass is 9.92. The first-order valence-electron chi connectivity index (χ1n) is 6.09. The lowest BCUT2D eigenvalue weighted by Crippen LogP contribution is -2.11. The molecule has 0 heterocycles. The molecule has 2 rings (SSSR count). The molecule has 0 aliphatic carbocycles. The molecule has 0 saturated heterocycles. The van der Waals surface area contributed by atoms with Crippen LogP contribution < -0.4 is 4.74 Å². The summed E-state index contributed by atoms with van der Waals surface area (Å²) in [4.78, 5) is 12.5. The minimum atomic E-state index is -0.831. The van der Waals surface area contributed by atoms with Crippen molar-refractivity contribution in [1.29, 1.82) is 5.26 Å². The van der Waals surface area contributed by atoms with Crippen molar-refractivity contribution in [2.75, 3.05) is 7.11 Å². The van der Waals surface area contributed by atoms with E-state index in [9.17, 15) is 10.1 Å². The maximum absolute atomic E-state index is 12.5. The normalized spacial score (nSPS) is 11.5. The van der Waals surface area contributed by atoms with Crippen molar-refractivity contribution in [3.05, 3.63) is 62.5 Å². The largest absolute Gasteiger partial charge is 0.496 e. The average molecular weight is 409 g/mol. The summed E-state index contributed by atoms with van der Waals surface area (Å²) in [6.45, 7) is 0. The number of hydrogen-bond donors (Lipinski definition) is 0. The second-order valence-electron chi connectivity index (χ2n) is 4.33. The Morgan fingerprint density at radius 1 is 1.24 bits per heavy atom. The molecule has 21 heavy (non-hydrogen) atoms. The topological polar surface area (TPSA) is 50.1 Å². The molecule has 5 heteroatoms. The van der Waals surface area contributed by atoms with E-state index in [1.807, 2.05) is 6.07 Å². The number of ether oxygens (including phenoxy) is 1. The molecule has 0 spiro atoms. The molecule has 106 valence electrons. The first-order valence-corrected chi connectivity index (χ1v) is 7.68. The molecule has 1 unspecified atom stereocenters. The van der Waals surface area contributed by atoms with Crippen molar-refractivity contribution in [3.8, 4) is 11.8 Å². The SMILES string of the molecule is COc1ccc(C(=O)C(C#N)c2cccc(Br)c2)cc1Br. The van der Waals surface area contributed by atoms with E-state index in [1.54, 1.807) is 43.5 Å². The van der Waals surface area contributed by atoms with Crippen molar-refractivity contribution in [2.24, 2.45) is 0 Å². The molecule has 0 N–H and O–H groups in total. The predicted molar refractivity (Wildman–Crippen MR) is 87.5 cm³/mol. The number of carbonyl (C=O) groups excluding carboxylic acids is 1. The number of benzene rings is 2. The molecule has 0 saturated carbocycles. The molecule has 0 aromatic heterocycles. The van der Waals surface area contributed by atoms with E-state index in [2.05, 4.69) is 37.9 Å². The van der Waals surface area contributed by atoms with Gasteiger partial charge in [0.25, 0.3) is 0 Å². The van der Waals surface area contributed by atoms with E-state index in [4.69, 9.17) is 4.74 Å². The molecule has 0 aliphatic rings. The number of Topliss-reactive ketones (excluding diaryl/α,β-unsaturated/α-hetero) is 1. The van der Waals surface area contributed by atoms with Crippen LogP contribution in [0, 0.1) is 11.3 Å². The Morgan fingerprint density at radius 3 is 2.57 bits per heavy atom. The van der Waals surface area contributed by atoms with Crippen LogP contribution in [-0.4, -0.2) is 12.9 Å². The Kier molecular flexibility index (Phi) is 5.16. The second-order valence-corrected chi connectivity index (χ2v) is 6.10. The number of hydrogen-bond acceptors (Lipinski definition) is 3. The fourth-order valence-electron chi connectivity index (χ4n) is 1.96. The first-order chi connectivity index (χ1) is 10.1. The van der Waals surface area contributed by atoms with E-state index in [1.165, 1.54) is 0 Å². The van der Waals surface area contributed by atoms with Crippen molar-refractivity contribution >= 4 is 37.6 Å². The summed E-state index contributed by atoms with van der Waals surface area (Å²) in [6, 6.07) is 14.3. The summed E-state index contributed by atoms with van der Waals surface area (Å²) in [6.07, 6.45) is 0. The molecule has 0 radical (unpaired) electrons. The monoisotopic (exact) mass is 407 g/mol. The summed E-state index contributed by atoms with van der Waals surface area (Å²) in [5, 5.41) is 9.35. The van der Waals surface area contributed by atoms with Gasteiger partial charge in [-0.2, -0.15) is 5.26 Å². The number of carbonyl (C=O) groups is 1. The van der Waals surface area contributed by atoms with Crippen LogP contribution in [0.25, 0.3) is 0 Å². The van der Waals surface area contributed by atoms with Gasteiger partial charge < -0.3 is 4.74 Å². The zero-order chi connectivity index (χ0) is 15.4. The third kappa shape index (κ3) is 3.52. The highest BCUT2D eigenvalue weighted by molar-refractivity contribution is 9.10. The fourth-order valence-corrected chi connectivity index (χ4v) is 2.91. The molecular weight excluding hydrogens is 398 g/mol. The zero-order valence-electron chi connectivity index (χ0n) is 11.1. The summed E-state index contributed by atoms with van der Waals surface area (Å²) in [5.41, 5.74) is 1.14. The van der Waals surface area contributed by atoms with Crippen molar-refractivity contribution in [2.45, 2.75) is 5.92 Å². The van der Waals surface area contributed by atoms with Gasteiger partial charge >= 0.3 is 0 Å². The van der Waals surface area contributed by atoms with Gasteiger partial charge in [-0.05, 0) is 51.8 Å². The van der Waals surface area contributed by atoms with Crippen LogP contribution >= 0.6 is 31.9 Å². The quantitative estimate of drug-likeness (QED) is 0.688. The zero-order valence-corrected chi connectivity index (χ0v) is 14.3. The summed E-state index contributed by atoms with van der Waals surface area (Å²) in [5.74, 6) is -0.427. The fraction of sp³-hybridized carbons (Fsp3) is 0.125. The van der Waals surface area contributed by atoms with Crippen molar-refractivity contribution in [3.63, 3.8) is 0 Å². The van der Waals surface area contributed by atoms with Crippen LogP contribution in [0.15, 0.2) is 51.4 Å². The Morgan fingerprint density at radius 2 is 2.00 bits per heavy atom. The minimum Gasteiger partial charge on any atom is -0.496 e. The average Bonchev–Trinajstić information content (AvgIpc) is 2.48. The molecule has 0 bridgehead atoms. The third-order valence-electron chi connectivity index (χ3n) is 3.01. The molecule has 1 atom stereocenters. The van der Waals surface area contributed by atoms with Crippen molar-refractivity contribution in [1.82, 2.24) is 0 Å². The number of rotatable bonds is 4. The highest BCUT2D eigenvalue weighted by Crippen LogP contribution is 2.29. The summed E-state index contributed by atoms with van der Waals surface area (Å²) < 4.78 is 6.66. The van der Waals surface area contributed by atoms with Gasteiger partial charge in [0.1, 0.15) is 11.7 Å². The maximum Gasteiger partial charge on any atom is 0.184 e. The van der Waals surface area contributed by atoms with Gasteiger partial charge in [-0.25, -0.2) is 0 Å². The van der Waals surface area contributed by atoms with Gasteiger partial charge in [-0.15, -0.1) is 0 Å². The van der Waals surface area contributed by atoms with E-state index in [-0.39, 0.29) is 5.78 Å². The van der Waals surface area contributed by atoms with Crippen LogP contribution in [0.4, 0.5) is 0 Å². The van der Waals surface area contributed by atoms with Gasteiger partial charge in [-0.3, -0.25) is 4.79 Å². The first kappa shape index (κ1) is 15.7. The van der Waals surface area contributed by atoms with Crippen molar-refractivity contribution < 1.29 is 9.53 Å². The number of methoxy groups -OCH3 is 1. The van der Waals surface area contributed by atoms with Gasteiger partial charge in [0.05, 0.1) is 17.7 Å². The van der Waals surface area contributed by atoms with Gasteiger partial charge in [0.2, 0.25) is 0 Å². The van der Waals surface area contributed by atoms with E-state index < -0.39 is 5.92 Å². The molecule has 2 aromatic rings. The highest BCUT2D eigenvalue weighted by atomic mass is 79.9. The highest BCUT2D eigenvalue weighted by Gasteiger charge is 2.22. The Hall–Kier alpha value is -1.64. The maximum atomic E-state index is 12.5. The third-order valence-corrected chi connectivity index (χ3v) is 4.12. The van der Waals surface area contributed by atoms with Crippen LogP contribution in [-0.2, 0) is 0 Å². The summed E-state index contributed by atoms with van der Waals surface area (Å²) in [7, 11) is 1.56.